The molecule has 1 aromatic rings. The number of esters is 1. The minimum atomic E-state index is -0.556. The summed E-state index contributed by atoms with van der Waals surface area (Å²) in [7, 11) is 0. The number of ether oxygens (including phenoxy) is 3. The molecule has 7 nitrogen and oxygen atoms in total. The molecular weight excluding hydrogens is 350 g/mol. The third kappa shape index (κ3) is 5.70. The van der Waals surface area contributed by atoms with Gasteiger partial charge in [0.25, 0.3) is 5.91 Å². The number of amides is 1. The maximum Gasteiger partial charge on any atom is 0.306 e. The normalized spacial score (nSPS) is 16.4. The Morgan fingerprint density at radius 3 is 2.52 bits per heavy atom. The van der Waals surface area contributed by atoms with E-state index in [9.17, 15) is 14.4 Å². The fourth-order valence-corrected chi connectivity index (χ4v) is 3.25. The molecule has 0 saturated heterocycles. The van der Waals surface area contributed by atoms with Crippen LogP contribution in [0.5, 0.6) is 11.5 Å². The van der Waals surface area contributed by atoms with Gasteiger partial charge >= 0.3 is 5.97 Å². The van der Waals surface area contributed by atoms with Crippen LogP contribution in [0.3, 0.4) is 0 Å². The molecule has 2 aliphatic rings. The SMILES string of the molecule is O=C(COC(=O)CCC(=O)c1ccc2c(c1)OCCCO2)NC1CCCC1. The summed E-state index contributed by atoms with van der Waals surface area (Å²) in [4.78, 5) is 35.9. The second kappa shape index (κ2) is 9.39. The van der Waals surface area contributed by atoms with E-state index < -0.39 is 5.97 Å². The Morgan fingerprint density at radius 2 is 1.74 bits per heavy atom. The molecular formula is C20H25NO6. The first-order valence-electron chi connectivity index (χ1n) is 9.49. The predicted molar refractivity (Wildman–Crippen MR) is 97.0 cm³/mol. The van der Waals surface area contributed by atoms with Gasteiger partial charge in [-0.25, -0.2) is 0 Å². The summed E-state index contributed by atoms with van der Waals surface area (Å²) in [5.41, 5.74) is 0.464. The number of rotatable bonds is 7. The fourth-order valence-electron chi connectivity index (χ4n) is 3.25. The van der Waals surface area contributed by atoms with Gasteiger partial charge in [-0.2, -0.15) is 0 Å². The van der Waals surface area contributed by atoms with Gasteiger partial charge in [0, 0.05) is 24.4 Å². The molecule has 27 heavy (non-hydrogen) atoms. The summed E-state index contributed by atoms with van der Waals surface area (Å²) in [5.74, 6) is 0.142. The molecule has 1 aliphatic carbocycles. The van der Waals surface area contributed by atoms with E-state index in [1.165, 1.54) is 0 Å². The molecule has 0 spiro atoms. The molecule has 1 aromatic carbocycles. The lowest BCUT2D eigenvalue weighted by Crippen LogP contribution is -2.35. The molecule has 1 fully saturated rings. The summed E-state index contributed by atoms with van der Waals surface area (Å²) in [5, 5.41) is 2.85. The van der Waals surface area contributed by atoms with E-state index in [0.29, 0.717) is 30.3 Å². The van der Waals surface area contributed by atoms with Crippen molar-refractivity contribution in [1.82, 2.24) is 5.32 Å². The first kappa shape index (κ1) is 19.2. The Balaban J connectivity index is 1.41. The standard InChI is InChI=1S/C20H25NO6/c22-16(14-6-8-17-18(12-14)26-11-3-10-25-17)7-9-20(24)27-13-19(23)21-15-4-1-2-5-15/h6,8,12,15H,1-5,7,9-11,13H2,(H,21,23). The average molecular weight is 375 g/mol. The topological polar surface area (TPSA) is 90.9 Å². The minimum Gasteiger partial charge on any atom is -0.490 e. The zero-order valence-electron chi connectivity index (χ0n) is 15.3. The zero-order chi connectivity index (χ0) is 19.1. The van der Waals surface area contributed by atoms with Crippen LogP contribution in [0.25, 0.3) is 0 Å². The molecule has 0 atom stereocenters. The van der Waals surface area contributed by atoms with Crippen LogP contribution >= 0.6 is 0 Å². The van der Waals surface area contributed by atoms with E-state index >= 15 is 0 Å². The number of carbonyl (C=O) groups excluding carboxylic acids is 3. The predicted octanol–water partition coefficient (Wildman–Crippen LogP) is 2.41. The summed E-state index contributed by atoms with van der Waals surface area (Å²) in [6.07, 6.45) is 4.93. The van der Waals surface area contributed by atoms with Gasteiger partial charge in [-0.1, -0.05) is 12.8 Å². The fraction of sp³-hybridized carbons (Fsp3) is 0.550. The molecule has 0 aromatic heterocycles. The lowest BCUT2D eigenvalue weighted by Gasteiger charge is -2.12. The molecule has 1 N–H and O–H groups in total. The number of ketones is 1. The molecule has 0 unspecified atom stereocenters. The second-order valence-electron chi connectivity index (χ2n) is 6.84. The lowest BCUT2D eigenvalue weighted by atomic mass is 10.1. The van der Waals surface area contributed by atoms with E-state index in [-0.39, 0.29) is 37.2 Å². The number of benzene rings is 1. The van der Waals surface area contributed by atoms with E-state index in [2.05, 4.69) is 5.32 Å². The third-order valence-electron chi connectivity index (χ3n) is 4.71. The Bertz CT molecular complexity index is 696. The Labute approximate surface area is 158 Å². The summed E-state index contributed by atoms with van der Waals surface area (Å²) in [6.45, 7) is 0.827. The van der Waals surface area contributed by atoms with Gasteiger partial charge in [-0.05, 0) is 31.0 Å². The number of hydrogen-bond donors (Lipinski definition) is 1. The van der Waals surface area contributed by atoms with Crippen molar-refractivity contribution in [3.05, 3.63) is 23.8 Å². The first-order chi connectivity index (χ1) is 13.1. The summed E-state index contributed by atoms with van der Waals surface area (Å²) >= 11 is 0. The van der Waals surface area contributed by atoms with Crippen molar-refractivity contribution in [2.75, 3.05) is 19.8 Å². The van der Waals surface area contributed by atoms with Crippen molar-refractivity contribution in [3.8, 4) is 11.5 Å². The Morgan fingerprint density at radius 1 is 1.00 bits per heavy atom. The largest absolute Gasteiger partial charge is 0.490 e. The molecule has 0 radical (unpaired) electrons. The Hall–Kier alpha value is -2.57. The van der Waals surface area contributed by atoms with E-state index in [0.717, 1.165) is 32.1 Å². The monoisotopic (exact) mass is 375 g/mol. The van der Waals surface area contributed by atoms with Gasteiger partial charge in [-0.15, -0.1) is 0 Å². The summed E-state index contributed by atoms with van der Waals surface area (Å²) < 4.78 is 16.1. The molecule has 0 bridgehead atoms. The number of Topliss-reactive ketones (excluding diaryl/α,β-unsaturated/α-hetero) is 1. The van der Waals surface area contributed by atoms with Crippen LogP contribution in [0.1, 0.15) is 55.3 Å². The lowest BCUT2D eigenvalue weighted by molar-refractivity contribution is -0.148. The highest BCUT2D eigenvalue weighted by Gasteiger charge is 2.19. The smallest absolute Gasteiger partial charge is 0.306 e. The molecule has 7 heteroatoms. The first-order valence-corrected chi connectivity index (χ1v) is 9.49. The van der Waals surface area contributed by atoms with Crippen LogP contribution in [-0.2, 0) is 14.3 Å². The van der Waals surface area contributed by atoms with Gasteiger partial charge in [0.1, 0.15) is 0 Å². The molecule has 1 heterocycles. The molecule has 1 amide bonds. The van der Waals surface area contributed by atoms with Crippen molar-refractivity contribution in [2.45, 2.75) is 51.0 Å². The van der Waals surface area contributed by atoms with Gasteiger partial charge in [0.05, 0.1) is 19.6 Å². The summed E-state index contributed by atoms with van der Waals surface area (Å²) in [6, 6.07) is 5.20. The van der Waals surface area contributed by atoms with Gasteiger partial charge < -0.3 is 19.5 Å². The van der Waals surface area contributed by atoms with Crippen LogP contribution in [0.2, 0.25) is 0 Å². The van der Waals surface area contributed by atoms with Crippen LogP contribution < -0.4 is 14.8 Å². The second-order valence-corrected chi connectivity index (χ2v) is 6.84. The number of fused-ring (bicyclic) bond motifs is 1. The highest BCUT2D eigenvalue weighted by atomic mass is 16.5. The number of hydrogen-bond acceptors (Lipinski definition) is 6. The van der Waals surface area contributed by atoms with E-state index in [1.54, 1.807) is 18.2 Å². The van der Waals surface area contributed by atoms with Crippen molar-refractivity contribution in [3.63, 3.8) is 0 Å². The van der Waals surface area contributed by atoms with Crippen molar-refractivity contribution < 1.29 is 28.6 Å². The molecule has 3 rings (SSSR count). The van der Waals surface area contributed by atoms with Crippen molar-refractivity contribution >= 4 is 17.7 Å². The molecule has 1 saturated carbocycles. The third-order valence-corrected chi connectivity index (χ3v) is 4.71. The van der Waals surface area contributed by atoms with Crippen LogP contribution in [0.15, 0.2) is 18.2 Å². The maximum absolute atomic E-state index is 12.3. The van der Waals surface area contributed by atoms with Gasteiger partial charge in [0.15, 0.2) is 23.9 Å². The highest BCUT2D eigenvalue weighted by molar-refractivity contribution is 5.98. The Kier molecular flexibility index (Phi) is 6.68. The van der Waals surface area contributed by atoms with Crippen molar-refractivity contribution in [2.24, 2.45) is 0 Å². The highest BCUT2D eigenvalue weighted by Crippen LogP contribution is 2.30. The van der Waals surface area contributed by atoms with E-state index in [1.807, 2.05) is 0 Å². The van der Waals surface area contributed by atoms with Crippen LogP contribution in [0, 0.1) is 0 Å². The number of nitrogens with one attached hydrogen (secondary N) is 1. The average Bonchev–Trinajstić information content (AvgIpc) is 3.06. The maximum atomic E-state index is 12.3. The van der Waals surface area contributed by atoms with Gasteiger partial charge in [0.2, 0.25) is 0 Å². The number of carbonyl (C=O) groups is 3. The minimum absolute atomic E-state index is 0.0166. The van der Waals surface area contributed by atoms with Crippen molar-refractivity contribution in [1.29, 1.82) is 0 Å². The van der Waals surface area contributed by atoms with Crippen LogP contribution in [0.4, 0.5) is 0 Å². The van der Waals surface area contributed by atoms with E-state index in [4.69, 9.17) is 14.2 Å². The molecule has 1 aliphatic heterocycles. The van der Waals surface area contributed by atoms with Gasteiger partial charge in [-0.3, -0.25) is 14.4 Å². The van der Waals surface area contributed by atoms with Crippen LogP contribution in [-0.4, -0.2) is 43.5 Å². The zero-order valence-corrected chi connectivity index (χ0v) is 15.3. The molecule has 146 valence electrons. The quantitative estimate of drug-likeness (QED) is 0.581.